The van der Waals surface area contributed by atoms with Crippen molar-refractivity contribution in [3.8, 4) is 11.5 Å². The van der Waals surface area contributed by atoms with Gasteiger partial charge in [-0.05, 0) is 43.9 Å². The van der Waals surface area contributed by atoms with Crippen LogP contribution in [0.25, 0.3) is 0 Å². The van der Waals surface area contributed by atoms with Crippen molar-refractivity contribution < 1.29 is 9.47 Å². The van der Waals surface area contributed by atoms with E-state index in [1.165, 1.54) is 19.3 Å². The van der Waals surface area contributed by atoms with Gasteiger partial charge in [-0.3, -0.25) is 0 Å². The minimum absolute atomic E-state index is 0.222. The van der Waals surface area contributed by atoms with Crippen LogP contribution in [0.15, 0.2) is 24.3 Å². The van der Waals surface area contributed by atoms with Gasteiger partial charge in [0.2, 0.25) is 0 Å². The molecular weight excluding hydrogens is 238 g/mol. The largest absolute Gasteiger partial charge is 0.493 e. The third-order valence-electron chi connectivity index (χ3n) is 4.26. The van der Waals surface area contributed by atoms with Crippen molar-refractivity contribution in [1.29, 1.82) is 0 Å². The van der Waals surface area contributed by atoms with Crippen LogP contribution >= 0.6 is 0 Å². The van der Waals surface area contributed by atoms with Crippen molar-refractivity contribution in [2.75, 3.05) is 13.7 Å². The zero-order valence-corrected chi connectivity index (χ0v) is 12.0. The zero-order chi connectivity index (χ0) is 13.7. The molecule has 1 aliphatic carbocycles. The molecule has 0 amide bonds. The highest BCUT2D eigenvalue weighted by Crippen LogP contribution is 2.35. The lowest BCUT2D eigenvalue weighted by molar-refractivity contribution is 0.0660. The van der Waals surface area contributed by atoms with E-state index >= 15 is 0 Å². The molecule has 1 aromatic rings. The number of hydrogen-bond donors (Lipinski definition) is 1. The van der Waals surface area contributed by atoms with Gasteiger partial charge in [-0.2, -0.15) is 0 Å². The minimum atomic E-state index is 0.222. The Morgan fingerprint density at radius 1 is 1.21 bits per heavy atom. The molecule has 0 aliphatic heterocycles. The van der Waals surface area contributed by atoms with E-state index < -0.39 is 0 Å². The second kappa shape index (κ2) is 6.80. The van der Waals surface area contributed by atoms with E-state index in [0.29, 0.717) is 12.5 Å². The van der Waals surface area contributed by atoms with Crippen molar-refractivity contribution in [2.45, 2.75) is 38.7 Å². The number of para-hydroxylation sites is 2. The van der Waals surface area contributed by atoms with Gasteiger partial charge in [0.1, 0.15) is 6.10 Å². The Balaban J connectivity index is 2.09. The summed E-state index contributed by atoms with van der Waals surface area (Å²) in [4.78, 5) is 0. The standard InChI is InChI=1S/C16H25NO2/c1-3-12-8-9-13(11-17)16(10-12)19-15-7-5-4-6-14(15)18-2/h4-7,12-13,16H,3,8-11,17H2,1-2H3. The van der Waals surface area contributed by atoms with Crippen LogP contribution in [0.3, 0.4) is 0 Å². The second-order valence-corrected chi connectivity index (χ2v) is 5.39. The van der Waals surface area contributed by atoms with Gasteiger partial charge in [0.25, 0.3) is 0 Å². The molecule has 1 aliphatic rings. The SMILES string of the molecule is CCC1CCC(CN)C(Oc2ccccc2OC)C1. The molecule has 2 rings (SSSR count). The van der Waals surface area contributed by atoms with Crippen LogP contribution in [0.1, 0.15) is 32.6 Å². The van der Waals surface area contributed by atoms with Gasteiger partial charge in [0.05, 0.1) is 7.11 Å². The Bertz CT molecular complexity index is 394. The van der Waals surface area contributed by atoms with Crippen LogP contribution in [-0.2, 0) is 0 Å². The summed E-state index contributed by atoms with van der Waals surface area (Å²) < 4.78 is 11.6. The van der Waals surface area contributed by atoms with Crippen molar-refractivity contribution in [3.05, 3.63) is 24.3 Å². The molecule has 1 saturated carbocycles. The minimum Gasteiger partial charge on any atom is -0.493 e. The molecule has 3 nitrogen and oxygen atoms in total. The molecule has 0 heterocycles. The first kappa shape index (κ1) is 14.2. The lowest BCUT2D eigenvalue weighted by atomic mass is 9.78. The summed E-state index contributed by atoms with van der Waals surface area (Å²) >= 11 is 0. The Morgan fingerprint density at radius 2 is 1.95 bits per heavy atom. The van der Waals surface area contributed by atoms with E-state index in [9.17, 15) is 0 Å². The average Bonchev–Trinajstić information content (AvgIpc) is 2.47. The Morgan fingerprint density at radius 3 is 2.58 bits per heavy atom. The average molecular weight is 263 g/mol. The van der Waals surface area contributed by atoms with Crippen LogP contribution < -0.4 is 15.2 Å². The molecule has 19 heavy (non-hydrogen) atoms. The lowest BCUT2D eigenvalue weighted by Crippen LogP contribution is -2.38. The number of ether oxygens (including phenoxy) is 2. The molecule has 106 valence electrons. The molecular formula is C16H25NO2. The molecule has 1 fully saturated rings. The van der Waals surface area contributed by atoms with E-state index in [0.717, 1.165) is 23.8 Å². The number of rotatable bonds is 5. The van der Waals surface area contributed by atoms with Gasteiger partial charge in [-0.15, -0.1) is 0 Å². The van der Waals surface area contributed by atoms with Crippen molar-refractivity contribution in [3.63, 3.8) is 0 Å². The predicted octanol–water partition coefficient (Wildman–Crippen LogP) is 3.23. The third kappa shape index (κ3) is 3.41. The third-order valence-corrected chi connectivity index (χ3v) is 4.26. The molecule has 3 heteroatoms. The fourth-order valence-corrected chi connectivity index (χ4v) is 2.94. The highest BCUT2D eigenvalue weighted by atomic mass is 16.5. The molecule has 0 aromatic heterocycles. The predicted molar refractivity (Wildman–Crippen MR) is 77.6 cm³/mol. The van der Waals surface area contributed by atoms with Gasteiger partial charge in [0, 0.05) is 5.92 Å². The van der Waals surface area contributed by atoms with E-state index in [1.807, 2.05) is 24.3 Å². The molecule has 1 aromatic carbocycles. The summed E-state index contributed by atoms with van der Waals surface area (Å²) in [7, 11) is 1.68. The van der Waals surface area contributed by atoms with Crippen molar-refractivity contribution >= 4 is 0 Å². The lowest BCUT2D eigenvalue weighted by Gasteiger charge is -2.35. The monoisotopic (exact) mass is 263 g/mol. The summed E-state index contributed by atoms with van der Waals surface area (Å²) in [5.41, 5.74) is 5.89. The zero-order valence-electron chi connectivity index (χ0n) is 12.0. The van der Waals surface area contributed by atoms with Gasteiger partial charge in [-0.1, -0.05) is 25.5 Å². The van der Waals surface area contributed by atoms with Gasteiger partial charge < -0.3 is 15.2 Å². The van der Waals surface area contributed by atoms with Gasteiger partial charge in [-0.25, -0.2) is 0 Å². The normalized spacial score (nSPS) is 27.0. The van der Waals surface area contributed by atoms with E-state index in [4.69, 9.17) is 15.2 Å². The number of benzene rings is 1. The summed E-state index contributed by atoms with van der Waals surface area (Å²) in [5.74, 6) is 2.87. The molecule has 2 N–H and O–H groups in total. The first-order chi connectivity index (χ1) is 9.28. The first-order valence-electron chi connectivity index (χ1n) is 7.28. The van der Waals surface area contributed by atoms with Crippen LogP contribution in [0.5, 0.6) is 11.5 Å². The van der Waals surface area contributed by atoms with E-state index in [1.54, 1.807) is 7.11 Å². The molecule has 0 spiro atoms. The maximum absolute atomic E-state index is 6.21. The number of methoxy groups -OCH3 is 1. The summed E-state index contributed by atoms with van der Waals surface area (Å²) in [6.07, 6.45) is 5.01. The number of nitrogens with two attached hydrogens (primary N) is 1. The van der Waals surface area contributed by atoms with E-state index in [-0.39, 0.29) is 6.10 Å². The quantitative estimate of drug-likeness (QED) is 0.887. The van der Waals surface area contributed by atoms with Crippen LogP contribution in [0.4, 0.5) is 0 Å². The Hall–Kier alpha value is -1.22. The molecule has 0 radical (unpaired) electrons. The van der Waals surface area contributed by atoms with Gasteiger partial charge >= 0.3 is 0 Å². The molecule has 3 unspecified atom stereocenters. The Kier molecular flexibility index (Phi) is 5.08. The summed E-state index contributed by atoms with van der Waals surface area (Å²) in [5, 5.41) is 0. The second-order valence-electron chi connectivity index (χ2n) is 5.39. The molecule has 0 bridgehead atoms. The van der Waals surface area contributed by atoms with E-state index in [2.05, 4.69) is 6.92 Å². The maximum atomic E-state index is 6.21. The summed E-state index contributed by atoms with van der Waals surface area (Å²) in [6, 6.07) is 7.85. The van der Waals surface area contributed by atoms with Crippen LogP contribution in [0.2, 0.25) is 0 Å². The highest BCUT2D eigenvalue weighted by Gasteiger charge is 2.30. The van der Waals surface area contributed by atoms with Gasteiger partial charge in [0.15, 0.2) is 11.5 Å². The maximum Gasteiger partial charge on any atom is 0.161 e. The van der Waals surface area contributed by atoms with Crippen molar-refractivity contribution in [2.24, 2.45) is 17.6 Å². The first-order valence-corrected chi connectivity index (χ1v) is 7.28. The topological polar surface area (TPSA) is 44.5 Å². The molecule has 0 saturated heterocycles. The van der Waals surface area contributed by atoms with Crippen LogP contribution in [0, 0.1) is 11.8 Å². The van der Waals surface area contributed by atoms with Crippen molar-refractivity contribution in [1.82, 2.24) is 0 Å². The Labute approximate surface area is 116 Å². The summed E-state index contributed by atoms with van der Waals surface area (Å²) in [6.45, 7) is 2.96. The number of hydrogen-bond acceptors (Lipinski definition) is 3. The molecule has 3 atom stereocenters. The smallest absolute Gasteiger partial charge is 0.161 e. The fourth-order valence-electron chi connectivity index (χ4n) is 2.94. The fraction of sp³-hybridized carbons (Fsp3) is 0.625. The highest BCUT2D eigenvalue weighted by molar-refractivity contribution is 5.39. The van der Waals surface area contributed by atoms with Crippen LogP contribution in [-0.4, -0.2) is 19.8 Å².